The number of ether oxygens (including phenoxy) is 1. The highest BCUT2D eigenvalue weighted by molar-refractivity contribution is 6.17. The summed E-state index contributed by atoms with van der Waals surface area (Å²) in [5, 5.41) is 0. The van der Waals surface area contributed by atoms with Gasteiger partial charge in [-0.25, -0.2) is 0 Å². The highest BCUT2D eigenvalue weighted by Crippen LogP contribution is 2.46. The predicted molar refractivity (Wildman–Crippen MR) is 77.6 cm³/mol. The summed E-state index contributed by atoms with van der Waals surface area (Å²) >= 11 is 5.81. The topological polar surface area (TPSA) is 9.23 Å². The zero-order chi connectivity index (χ0) is 13.1. The third-order valence-electron chi connectivity index (χ3n) is 4.24. The first-order valence-electron chi connectivity index (χ1n) is 7.00. The number of para-hydroxylation sites is 1. The van der Waals surface area contributed by atoms with Gasteiger partial charge in [-0.05, 0) is 48.1 Å². The van der Waals surface area contributed by atoms with Crippen LogP contribution < -0.4 is 4.74 Å². The first kappa shape index (κ1) is 13.7. The van der Waals surface area contributed by atoms with Crippen molar-refractivity contribution in [2.24, 2.45) is 5.92 Å². The maximum Gasteiger partial charge on any atom is 0.162 e. The van der Waals surface area contributed by atoms with Gasteiger partial charge < -0.3 is 4.74 Å². The monoisotopic (exact) mass is 266 g/mol. The van der Waals surface area contributed by atoms with E-state index in [1.165, 1.54) is 24.0 Å². The second-order valence-corrected chi connectivity index (χ2v) is 5.67. The van der Waals surface area contributed by atoms with Crippen LogP contribution in [0.5, 0.6) is 5.75 Å². The van der Waals surface area contributed by atoms with Crippen molar-refractivity contribution >= 4 is 11.6 Å². The average molecular weight is 267 g/mol. The van der Waals surface area contributed by atoms with Crippen LogP contribution in [0.25, 0.3) is 0 Å². The molecule has 0 aliphatic heterocycles. The molecule has 1 fully saturated rings. The predicted octanol–water partition coefficient (Wildman–Crippen LogP) is 5.29. The van der Waals surface area contributed by atoms with Crippen molar-refractivity contribution in [2.75, 3.05) is 6.07 Å². The van der Waals surface area contributed by atoms with Gasteiger partial charge in [0, 0.05) is 0 Å². The molecule has 0 bridgehead atoms. The lowest BCUT2D eigenvalue weighted by molar-refractivity contribution is 0.371. The Balaban J connectivity index is 2.37. The van der Waals surface area contributed by atoms with Crippen LogP contribution in [-0.2, 0) is 0 Å². The second kappa shape index (κ2) is 5.97. The molecule has 0 saturated heterocycles. The van der Waals surface area contributed by atoms with Gasteiger partial charge in [0.2, 0.25) is 0 Å². The van der Waals surface area contributed by atoms with Gasteiger partial charge in [0.1, 0.15) is 5.75 Å². The Morgan fingerprint density at radius 1 is 1.28 bits per heavy atom. The Bertz CT molecular complexity index is 398. The Hall–Kier alpha value is -0.690. The molecule has 2 atom stereocenters. The van der Waals surface area contributed by atoms with E-state index in [1.54, 1.807) is 0 Å². The van der Waals surface area contributed by atoms with Gasteiger partial charge in [-0.2, -0.15) is 0 Å². The van der Waals surface area contributed by atoms with E-state index in [0.717, 1.165) is 18.1 Å². The Morgan fingerprint density at radius 3 is 2.50 bits per heavy atom. The summed E-state index contributed by atoms with van der Waals surface area (Å²) in [5.74, 6) is 3.00. The van der Waals surface area contributed by atoms with Crippen LogP contribution in [0, 0.1) is 5.92 Å². The first-order valence-corrected chi connectivity index (χ1v) is 7.54. The summed E-state index contributed by atoms with van der Waals surface area (Å²) in [7, 11) is 0. The van der Waals surface area contributed by atoms with Gasteiger partial charge in [0.15, 0.2) is 6.07 Å². The standard InChI is InChI=1S/C16H23ClO/c1-4-11(2)14-6-5-7-15(16(14)18-10-17)12(3)13-8-9-13/h5-7,11-13H,4,8-10H2,1-3H3/t11-,12-/m1/s1. The zero-order valence-electron chi connectivity index (χ0n) is 11.6. The molecule has 100 valence electrons. The molecule has 0 N–H and O–H groups in total. The molecule has 1 aliphatic carbocycles. The van der Waals surface area contributed by atoms with Crippen LogP contribution in [0.3, 0.4) is 0 Å². The minimum absolute atomic E-state index is 0.234. The van der Waals surface area contributed by atoms with Crippen molar-refractivity contribution in [1.82, 2.24) is 0 Å². The summed E-state index contributed by atoms with van der Waals surface area (Å²) in [6.07, 6.45) is 3.84. The summed E-state index contributed by atoms with van der Waals surface area (Å²) in [6.45, 7) is 6.78. The molecule has 0 radical (unpaired) electrons. The van der Waals surface area contributed by atoms with E-state index in [0.29, 0.717) is 11.8 Å². The molecule has 0 amide bonds. The van der Waals surface area contributed by atoms with Gasteiger partial charge in [-0.15, -0.1) is 0 Å². The molecule has 1 aromatic carbocycles. The maximum absolute atomic E-state index is 5.81. The van der Waals surface area contributed by atoms with E-state index in [1.807, 2.05) is 0 Å². The molecular formula is C16H23ClO. The molecule has 2 heteroatoms. The molecule has 2 rings (SSSR count). The van der Waals surface area contributed by atoms with Crippen LogP contribution in [0.4, 0.5) is 0 Å². The van der Waals surface area contributed by atoms with Crippen LogP contribution in [0.2, 0.25) is 0 Å². The van der Waals surface area contributed by atoms with Crippen molar-refractivity contribution in [2.45, 2.75) is 51.9 Å². The Kier molecular flexibility index (Phi) is 4.55. The van der Waals surface area contributed by atoms with Crippen LogP contribution in [-0.4, -0.2) is 6.07 Å². The fourth-order valence-corrected chi connectivity index (χ4v) is 2.72. The van der Waals surface area contributed by atoms with E-state index < -0.39 is 0 Å². The molecule has 18 heavy (non-hydrogen) atoms. The summed E-state index contributed by atoms with van der Waals surface area (Å²) in [5.41, 5.74) is 2.65. The third kappa shape index (κ3) is 2.83. The summed E-state index contributed by atoms with van der Waals surface area (Å²) in [6, 6.07) is 6.78. The quantitative estimate of drug-likeness (QED) is 0.636. The summed E-state index contributed by atoms with van der Waals surface area (Å²) < 4.78 is 5.76. The minimum atomic E-state index is 0.234. The first-order chi connectivity index (χ1) is 8.69. The number of rotatable bonds is 6. The number of hydrogen-bond acceptors (Lipinski definition) is 1. The lowest BCUT2D eigenvalue weighted by Gasteiger charge is -2.21. The van der Waals surface area contributed by atoms with Gasteiger partial charge in [-0.3, -0.25) is 0 Å². The number of halogens is 1. The van der Waals surface area contributed by atoms with E-state index in [9.17, 15) is 0 Å². The van der Waals surface area contributed by atoms with Gasteiger partial charge >= 0.3 is 0 Å². The highest BCUT2D eigenvalue weighted by Gasteiger charge is 2.31. The third-order valence-corrected chi connectivity index (χ3v) is 4.35. The zero-order valence-corrected chi connectivity index (χ0v) is 12.3. The number of alkyl halides is 1. The SMILES string of the molecule is CC[C@@H](C)c1cccc([C@H](C)C2CC2)c1OCCl. The lowest BCUT2D eigenvalue weighted by Crippen LogP contribution is -2.06. The molecular weight excluding hydrogens is 244 g/mol. The normalized spacial score (nSPS) is 18.4. The van der Waals surface area contributed by atoms with E-state index >= 15 is 0 Å². The molecule has 1 saturated carbocycles. The van der Waals surface area contributed by atoms with Crippen molar-refractivity contribution in [3.63, 3.8) is 0 Å². The molecule has 1 aromatic rings. The Labute approximate surface area is 115 Å². The average Bonchev–Trinajstić information content (AvgIpc) is 3.22. The largest absolute Gasteiger partial charge is 0.477 e. The molecule has 0 spiro atoms. The van der Waals surface area contributed by atoms with Crippen LogP contribution >= 0.6 is 11.6 Å². The minimum Gasteiger partial charge on any atom is -0.477 e. The Morgan fingerprint density at radius 2 is 1.94 bits per heavy atom. The highest BCUT2D eigenvalue weighted by atomic mass is 35.5. The van der Waals surface area contributed by atoms with Gasteiger partial charge in [-0.1, -0.05) is 50.6 Å². The van der Waals surface area contributed by atoms with Gasteiger partial charge in [0.25, 0.3) is 0 Å². The van der Waals surface area contributed by atoms with Crippen LogP contribution in [0.1, 0.15) is 63.0 Å². The van der Waals surface area contributed by atoms with Crippen molar-refractivity contribution in [1.29, 1.82) is 0 Å². The van der Waals surface area contributed by atoms with E-state index in [4.69, 9.17) is 16.3 Å². The molecule has 0 unspecified atom stereocenters. The van der Waals surface area contributed by atoms with E-state index in [-0.39, 0.29) is 6.07 Å². The smallest absolute Gasteiger partial charge is 0.162 e. The van der Waals surface area contributed by atoms with Crippen molar-refractivity contribution < 1.29 is 4.74 Å². The molecule has 1 nitrogen and oxygen atoms in total. The maximum atomic E-state index is 5.81. The molecule has 0 aromatic heterocycles. The molecule has 1 aliphatic rings. The van der Waals surface area contributed by atoms with Crippen molar-refractivity contribution in [3.8, 4) is 5.75 Å². The fraction of sp³-hybridized carbons (Fsp3) is 0.625. The van der Waals surface area contributed by atoms with Crippen LogP contribution in [0.15, 0.2) is 18.2 Å². The second-order valence-electron chi connectivity index (χ2n) is 5.45. The fourth-order valence-electron chi connectivity index (χ4n) is 2.61. The lowest BCUT2D eigenvalue weighted by atomic mass is 9.89. The molecule has 0 heterocycles. The van der Waals surface area contributed by atoms with Crippen molar-refractivity contribution in [3.05, 3.63) is 29.3 Å². The number of benzene rings is 1. The summed E-state index contributed by atoms with van der Waals surface area (Å²) in [4.78, 5) is 0. The van der Waals surface area contributed by atoms with E-state index in [2.05, 4.69) is 39.0 Å². The van der Waals surface area contributed by atoms with Gasteiger partial charge in [0.05, 0.1) is 0 Å². The number of hydrogen-bond donors (Lipinski definition) is 0.